The lowest BCUT2D eigenvalue weighted by Gasteiger charge is -2.00. The summed E-state index contributed by atoms with van der Waals surface area (Å²) in [5.74, 6) is 0. The molecule has 0 fully saturated rings. The maximum atomic E-state index is 6.13. The van der Waals surface area contributed by atoms with Crippen LogP contribution in [0, 0.1) is 3.57 Å². The fraction of sp³-hybridized carbons (Fsp3) is 0. The number of thiol groups is 1. The Morgan fingerprint density at radius 2 is 2.25 bits per heavy atom. The maximum Gasteiger partial charge on any atom is 0.0728 e. The minimum atomic E-state index is 0.827. The second kappa shape index (κ2) is 3.36. The summed E-state index contributed by atoms with van der Waals surface area (Å²) in [7, 11) is 0. The number of hydrogen-bond donors (Lipinski definition) is 1. The van der Waals surface area contributed by atoms with Gasteiger partial charge in [-0.1, -0.05) is 11.6 Å². The minimum Gasteiger partial charge on any atom is -0.142 e. The Bertz CT molecular complexity index is 436. The third kappa shape index (κ3) is 1.36. The molecular weight excluding hydrogens is 323 g/mol. The Balaban J connectivity index is 2.94. The lowest BCUT2D eigenvalue weighted by molar-refractivity contribution is 1.47. The molecule has 1 aromatic carbocycles. The number of hydrogen-bond acceptors (Lipinski definition) is 2. The van der Waals surface area contributed by atoms with Crippen LogP contribution in [0.1, 0.15) is 0 Å². The molecule has 0 spiro atoms. The second-order valence-electron chi connectivity index (χ2n) is 2.36. The van der Waals surface area contributed by atoms with Gasteiger partial charge in [-0.05, 0) is 45.5 Å². The fourth-order valence-corrected chi connectivity index (χ4v) is 3.12. The lowest BCUT2D eigenvalue weighted by atomic mass is 10.3. The van der Waals surface area contributed by atoms with Gasteiger partial charge in [0.2, 0.25) is 0 Å². The highest BCUT2D eigenvalue weighted by atomic mass is 127. The van der Waals surface area contributed by atoms with E-state index >= 15 is 0 Å². The van der Waals surface area contributed by atoms with Crippen molar-refractivity contribution in [3.8, 4) is 0 Å². The van der Waals surface area contributed by atoms with E-state index in [1.807, 2.05) is 11.4 Å². The molecule has 0 radical (unpaired) electrons. The molecule has 2 aromatic rings. The molecule has 1 aromatic heterocycles. The smallest absolute Gasteiger partial charge is 0.0728 e. The van der Waals surface area contributed by atoms with Gasteiger partial charge < -0.3 is 0 Å². The summed E-state index contributed by atoms with van der Waals surface area (Å²) in [6.07, 6.45) is 0. The minimum absolute atomic E-state index is 0.827. The van der Waals surface area contributed by atoms with Crippen LogP contribution in [0.25, 0.3) is 10.1 Å². The summed E-state index contributed by atoms with van der Waals surface area (Å²) in [6, 6.07) is 4.10. The number of fused-ring (bicyclic) bond motifs is 1. The van der Waals surface area contributed by atoms with Gasteiger partial charge in [-0.15, -0.1) is 24.0 Å². The first kappa shape index (κ1) is 9.12. The summed E-state index contributed by atoms with van der Waals surface area (Å²) in [5, 5.41) is 4.04. The Hall–Kier alpha value is 0.550. The van der Waals surface area contributed by atoms with Crippen molar-refractivity contribution in [1.29, 1.82) is 0 Å². The first-order valence-electron chi connectivity index (χ1n) is 3.24. The molecule has 4 heteroatoms. The van der Waals surface area contributed by atoms with Gasteiger partial charge >= 0.3 is 0 Å². The first-order valence-corrected chi connectivity index (χ1v) is 6.02. The van der Waals surface area contributed by atoms with Gasteiger partial charge in [0.05, 0.1) is 9.72 Å². The van der Waals surface area contributed by atoms with Gasteiger partial charge in [-0.3, -0.25) is 0 Å². The monoisotopic (exact) mass is 326 g/mol. The molecule has 0 aliphatic rings. The first-order chi connectivity index (χ1) is 5.70. The topological polar surface area (TPSA) is 0 Å². The molecule has 12 heavy (non-hydrogen) atoms. The van der Waals surface area contributed by atoms with Crippen molar-refractivity contribution in [2.75, 3.05) is 0 Å². The van der Waals surface area contributed by atoms with Crippen LogP contribution in [-0.4, -0.2) is 0 Å². The van der Waals surface area contributed by atoms with E-state index in [9.17, 15) is 0 Å². The standard InChI is InChI=1S/C8H4ClIS2/c9-6-7(10)5(11)3-4-1-2-12-8(4)6/h1-3,11H. The molecule has 0 aliphatic heterocycles. The van der Waals surface area contributed by atoms with Crippen LogP contribution in [0.5, 0.6) is 0 Å². The van der Waals surface area contributed by atoms with Crippen molar-refractivity contribution in [3.05, 3.63) is 26.1 Å². The van der Waals surface area contributed by atoms with Crippen LogP contribution in [0.2, 0.25) is 5.02 Å². The Labute approximate surface area is 98.5 Å². The van der Waals surface area contributed by atoms with E-state index in [2.05, 4.69) is 41.3 Å². The Kier molecular flexibility index (Phi) is 2.56. The normalized spacial score (nSPS) is 10.9. The van der Waals surface area contributed by atoms with E-state index < -0.39 is 0 Å². The van der Waals surface area contributed by atoms with Crippen LogP contribution in [0.3, 0.4) is 0 Å². The molecule has 2 rings (SSSR count). The highest BCUT2D eigenvalue weighted by Gasteiger charge is 2.07. The third-order valence-electron chi connectivity index (χ3n) is 1.60. The van der Waals surface area contributed by atoms with Crippen LogP contribution in [-0.2, 0) is 0 Å². The zero-order chi connectivity index (χ0) is 8.72. The number of benzene rings is 1. The molecule has 62 valence electrons. The van der Waals surface area contributed by atoms with Crippen LogP contribution in [0.4, 0.5) is 0 Å². The van der Waals surface area contributed by atoms with E-state index in [0.717, 1.165) is 18.2 Å². The summed E-state index contributed by atoms with van der Waals surface area (Å²) in [5.41, 5.74) is 0. The van der Waals surface area contributed by atoms with Crippen LogP contribution >= 0.6 is 58.2 Å². The molecule has 0 unspecified atom stereocenters. The molecule has 0 saturated carbocycles. The maximum absolute atomic E-state index is 6.13. The molecular formula is C8H4ClIS2. The number of thiophene rings is 1. The molecule has 1 heterocycles. The molecule has 0 bridgehead atoms. The quantitative estimate of drug-likeness (QED) is 0.537. The van der Waals surface area contributed by atoms with Gasteiger partial charge in [0, 0.05) is 8.47 Å². The summed E-state index contributed by atoms with van der Waals surface area (Å²) in [6.45, 7) is 0. The van der Waals surface area contributed by atoms with Crippen LogP contribution < -0.4 is 0 Å². The van der Waals surface area contributed by atoms with Crippen molar-refractivity contribution in [3.63, 3.8) is 0 Å². The third-order valence-corrected chi connectivity index (χ3v) is 5.26. The summed E-state index contributed by atoms with van der Waals surface area (Å²) < 4.78 is 2.19. The average molecular weight is 327 g/mol. The predicted octanol–water partition coefficient (Wildman–Crippen LogP) is 4.45. The molecule has 0 atom stereocenters. The van der Waals surface area contributed by atoms with Crippen LogP contribution in [0.15, 0.2) is 22.4 Å². The van der Waals surface area contributed by atoms with E-state index in [0.29, 0.717) is 0 Å². The van der Waals surface area contributed by atoms with Crippen molar-refractivity contribution in [1.82, 2.24) is 0 Å². The van der Waals surface area contributed by atoms with Gasteiger partial charge in [-0.25, -0.2) is 0 Å². The van der Waals surface area contributed by atoms with Crippen molar-refractivity contribution < 1.29 is 0 Å². The van der Waals surface area contributed by atoms with Gasteiger partial charge in [0.15, 0.2) is 0 Å². The zero-order valence-corrected chi connectivity index (χ0v) is 10.5. The molecule has 0 saturated heterocycles. The Morgan fingerprint density at radius 3 is 3.00 bits per heavy atom. The number of rotatable bonds is 0. The second-order valence-corrected chi connectivity index (χ2v) is 5.22. The molecule has 0 aliphatic carbocycles. The number of halogens is 2. The Morgan fingerprint density at radius 1 is 1.50 bits per heavy atom. The SMILES string of the molecule is Sc1cc2ccsc2c(Cl)c1I. The van der Waals surface area contributed by atoms with Crippen molar-refractivity contribution >= 4 is 68.2 Å². The van der Waals surface area contributed by atoms with E-state index in [1.54, 1.807) is 11.3 Å². The van der Waals surface area contributed by atoms with E-state index in [-0.39, 0.29) is 0 Å². The highest BCUT2D eigenvalue weighted by Crippen LogP contribution is 2.35. The van der Waals surface area contributed by atoms with Gasteiger partial charge in [0.1, 0.15) is 0 Å². The zero-order valence-electron chi connectivity index (χ0n) is 5.84. The average Bonchev–Trinajstić information content (AvgIpc) is 2.48. The largest absolute Gasteiger partial charge is 0.142 e. The van der Waals surface area contributed by atoms with E-state index in [4.69, 9.17) is 11.6 Å². The van der Waals surface area contributed by atoms with Gasteiger partial charge in [0.25, 0.3) is 0 Å². The van der Waals surface area contributed by atoms with Crippen molar-refractivity contribution in [2.45, 2.75) is 4.90 Å². The van der Waals surface area contributed by atoms with E-state index in [1.165, 1.54) is 5.39 Å². The molecule has 0 amide bonds. The summed E-state index contributed by atoms with van der Waals surface area (Å²) in [4.78, 5) is 0.950. The fourth-order valence-electron chi connectivity index (χ4n) is 1.03. The molecule has 0 nitrogen and oxygen atoms in total. The summed E-state index contributed by atoms with van der Waals surface area (Å²) >= 11 is 14.3. The predicted molar refractivity (Wildman–Crippen MR) is 66.8 cm³/mol. The molecule has 0 N–H and O–H groups in total. The lowest BCUT2D eigenvalue weighted by Crippen LogP contribution is -1.77. The van der Waals surface area contributed by atoms with Crippen molar-refractivity contribution in [2.24, 2.45) is 0 Å². The highest BCUT2D eigenvalue weighted by molar-refractivity contribution is 14.1. The van der Waals surface area contributed by atoms with Gasteiger partial charge in [-0.2, -0.15) is 0 Å².